The van der Waals surface area contributed by atoms with Crippen molar-refractivity contribution in [1.29, 1.82) is 0 Å². The first-order valence-corrected chi connectivity index (χ1v) is 8.45. The molecule has 1 aliphatic heterocycles. The molecule has 0 bridgehead atoms. The molecular formula is C21H20O5. The largest absolute Gasteiger partial charge is 0.463 e. The highest BCUT2D eigenvalue weighted by Crippen LogP contribution is 2.16. The Bertz CT molecular complexity index is 773. The molecule has 5 nitrogen and oxygen atoms in total. The molecule has 2 aromatic carbocycles. The van der Waals surface area contributed by atoms with Crippen LogP contribution in [-0.2, 0) is 20.7 Å². The van der Waals surface area contributed by atoms with E-state index >= 15 is 0 Å². The maximum atomic E-state index is 12.1. The van der Waals surface area contributed by atoms with Gasteiger partial charge in [0, 0.05) is 6.42 Å². The molecule has 0 aromatic heterocycles. The Labute approximate surface area is 152 Å². The number of benzene rings is 2. The molecule has 0 N–H and O–H groups in total. The van der Waals surface area contributed by atoms with Gasteiger partial charge in [0.2, 0.25) is 0 Å². The van der Waals surface area contributed by atoms with Gasteiger partial charge in [-0.05, 0) is 41.8 Å². The fourth-order valence-corrected chi connectivity index (χ4v) is 2.31. The zero-order chi connectivity index (χ0) is 18.4. The van der Waals surface area contributed by atoms with Crippen molar-refractivity contribution in [2.24, 2.45) is 0 Å². The van der Waals surface area contributed by atoms with Crippen LogP contribution in [0.15, 0.2) is 55.1 Å². The first-order valence-electron chi connectivity index (χ1n) is 8.45. The quantitative estimate of drug-likeness (QED) is 0.414. The predicted molar refractivity (Wildman–Crippen MR) is 97.0 cm³/mol. The molecule has 0 aliphatic carbocycles. The third kappa shape index (κ3) is 5.29. The van der Waals surface area contributed by atoms with Crippen LogP contribution in [-0.4, -0.2) is 31.3 Å². The monoisotopic (exact) mass is 352 g/mol. The SMILES string of the molecule is C=Cc1ccc(C(=O)Oc2ccc(CCC(=O)OCC3CO3)cc2)cc1. The highest BCUT2D eigenvalue weighted by atomic mass is 16.6. The van der Waals surface area contributed by atoms with E-state index < -0.39 is 5.97 Å². The topological polar surface area (TPSA) is 65.1 Å². The van der Waals surface area contributed by atoms with Gasteiger partial charge in [0.15, 0.2) is 0 Å². The van der Waals surface area contributed by atoms with Crippen LogP contribution in [0.2, 0.25) is 0 Å². The van der Waals surface area contributed by atoms with Crippen LogP contribution < -0.4 is 4.74 Å². The fourth-order valence-electron chi connectivity index (χ4n) is 2.31. The Morgan fingerprint density at radius 1 is 1.12 bits per heavy atom. The van der Waals surface area contributed by atoms with Gasteiger partial charge in [-0.3, -0.25) is 4.79 Å². The molecule has 0 radical (unpaired) electrons. The van der Waals surface area contributed by atoms with E-state index in [4.69, 9.17) is 14.2 Å². The molecule has 26 heavy (non-hydrogen) atoms. The summed E-state index contributed by atoms with van der Waals surface area (Å²) in [5.74, 6) is -0.196. The second-order valence-electron chi connectivity index (χ2n) is 6.00. The van der Waals surface area contributed by atoms with Crippen LogP contribution >= 0.6 is 0 Å². The molecule has 3 rings (SSSR count). The van der Waals surface area contributed by atoms with Crippen molar-refractivity contribution in [2.75, 3.05) is 13.2 Å². The molecule has 1 aliphatic rings. The van der Waals surface area contributed by atoms with Gasteiger partial charge in [-0.2, -0.15) is 0 Å². The Balaban J connectivity index is 1.47. The van der Waals surface area contributed by atoms with E-state index in [9.17, 15) is 9.59 Å². The van der Waals surface area contributed by atoms with Gasteiger partial charge in [-0.1, -0.05) is 36.9 Å². The van der Waals surface area contributed by atoms with Crippen molar-refractivity contribution < 1.29 is 23.8 Å². The minimum absolute atomic E-state index is 0.0842. The van der Waals surface area contributed by atoms with E-state index in [-0.39, 0.29) is 12.1 Å². The molecule has 1 saturated heterocycles. The Morgan fingerprint density at radius 2 is 1.81 bits per heavy atom. The highest BCUT2D eigenvalue weighted by molar-refractivity contribution is 5.91. The van der Waals surface area contributed by atoms with Crippen molar-refractivity contribution in [3.63, 3.8) is 0 Å². The standard InChI is InChI=1S/C21H20O5/c1-2-15-3-8-17(9-4-15)21(23)26-18-10-5-16(6-11-18)7-12-20(22)25-14-19-13-24-19/h2-6,8-11,19H,1,7,12-14H2. The summed E-state index contributed by atoms with van der Waals surface area (Å²) in [5.41, 5.74) is 2.39. The van der Waals surface area contributed by atoms with Crippen molar-refractivity contribution in [3.05, 3.63) is 71.8 Å². The normalized spacial score (nSPS) is 15.2. The van der Waals surface area contributed by atoms with E-state index in [0.29, 0.717) is 37.4 Å². The van der Waals surface area contributed by atoms with Crippen molar-refractivity contribution in [1.82, 2.24) is 0 Å². The molecule has 2 aromatic rings. The molecule has 0 amide bonds. The zero-order valence-electron chi connectivity index (χ0n) is 14.4. The van der Waals surface area contributed by atoms with Crippen LogP contribution in [0.25, 0.3) is 6.08 Å². The van der Waals surface area contributed by atoms with Gasteiger partial charge < -0.3 is 14.2 Å². The maximum absolute atomic E-state index is 12.1. The molecular weight excluding hydrogens is 332 g/mol. The van der Waals surface area contributed by atoms with Crippen molar-refractivity contribution >= 4 is 18.0 Å². The summed E-state index contributed by atoms with van der Waals surface area (Å²) in [6, 6.07) is 14.1. The molecule has 1 atom stereocenters. The number of hydrogen-bond donors (Lipinski definition) is 0. The summed E-state index contributed by atoms with van der Waals surface area (Å²) in [5, 5.41) is 0. The van der Waals surface area contributed by atoms with Crippen LogP contribution in [0.5, 0.6) is 5.75 Å². The molecule has 5 heteroatoms. The number of hydrogen-bond acceptors (Lipinski definition) is 5. The molecule has 134 valence electrons. The zero-order valence-corrected chi connectivity index (χ0v) is 14.4. The Kier molecular flexibility index (Phi) is 5.81. The predicted octanol–water partition coefficient (Wildman–Crippen LogP) is 3.42. The fraction of sp³-hybridized carbons (Fsp3) is 0.238. The summed E-state index contributed by atoms with van der Waals surface area (Å²) in [4.78, 5) is 23.7. The second kappa shape index (κ2) is 8.45. The summed E-state index contributed by atoms with van der Waals surface area (Å²) >= 11 is 0. The van der Waals surface area contributed by atoms with Gasteiger partial charge in [-0.15, -0.1) is 0 Å². The average Bonchev–Trinajstić information content (AvgIpc) is 3.50. The maximum Gasteiger partial charge on any atom is 0.343 e. The number of aryl methyl sites for hydroxylation is 1. The third-order valence-electron chi connectivity index (χ3n) is 3.97. The minimum Gasteiger partial charge on any atom is -0.463 e. The van der Waals surface area contributed by atoms with Crippen molar-refractivity contribution in [2.45, 2.75) is 18.9 Å². The summed E-state index contributed by atoms with van der Waals surface area (Å²) in [6.07, 6.45) is 2.67. The lowest BCUT2D eigenvalue weighted by molar-refractivity contribution is -0.144. The molecule has 1 fully saturated rings. The summed E-state index contributed by atoms with van der Waals surface area (Å²) in [7, 11) is 0. The first kappa shape index (κ1) is 17.9. The minimum atomic E-state index is -0.417. The lowest BCUT2D eigenvalue weighted by Gasteiger charge is -2.06. The van der Waals surface area contributed by atoms with Gasteiger partial charge >= 0.3 is 11.9 Å². The summed E-state index contributed by atoms with van der Waals surface area (Å²) < 4.78 is 15.4. The average molecular weight is 352 g/mol. The highest BCUT2D eigenvalue weighted by Gasteiger charge is 2.24. The Morgan fingerprint density at radius 3 is 2.42 bits per heavy atom. The molecule has 0 saturated carbocycles. The van der Waals surface area contributed by atoms with Gasteiger partial charge in [0.1, 0.15) is 18.5 Å². The van der Waals surface area contributed by atoms with Crippen LogP contribution in [0, 0.1) is 0 Å². The van der Waals surface area contributed by atoms with Gasteiger partial charge in [0.25, 0.3) is 0 Å². The van der Waals surface area contributed by atoms with Crippen LogP contribution in [0.4, 0.5) is 0 Å². The molecule has 1 heterocycles. The number of rotatable bonds is 8. The van der Waals surface area contributed by atoms with Crippen molar-refractivity contribution in [3.8, 4) is 5.75 Å². The smallest absolute Gasteiger partial charge is 0.343 e. The Hall–Kier alpha value is -2.92. The molecule has 1 unspecified atom stereocenters. The number of epoxide rings is 1. The van der Waals surface area contributed by atoms with Crippen LogP contribution in [0.3, 0.4) is 0 Å². The second-order valence-corrected chi connectivity index (χ2v) is 6.00. The van der Waals surface area contributed by atoms with E-state index in [0.717, 1.165) is 11.1 Å². The first-order chi connectivity index (χ1) is 12.6. The number of carbonyl (C=O) groups is 2. The van der Waals surface area contributed by atoms with E-state index in [1.54, 1.807) is 42.5 Å². The number of carbonyl (C=O) groups excluding carboxylic acids is 2. The van der Waals surface area contributed by atoms with Crippen LogP contribution in [0.1, 0.15) is 27.9 Å². The van der Waals surface area contributed by atoms with Gasteiger partial charge in [0.05, 0.1) is 12.2 Å². The van der Waals surface area contributed by atoms with Gasteiger partial charge in [-0.25, -0.2) is 4.79 Å². The van der Waals surface area contributed by atoms with E-state index in [2.05, 4.69) is 6.58 Å². The lowest BCUT2D eigenvalue weighted by atomic mass is 10.1. The number of ether oxygens (including phenoxy) is 3. The number of esters is 2. The molecule has 0 spiro atoms. The van der Waals surface area contributed by atoms with E-state index in [1.165, 1.54) is 0 Å². The lowest BCUT2D eigenvalue weighted by Crippen LogP contribution is -2.10. The summed E-state index contributed by atoms with van der Waals surface area (Å²) in [6.45, 7) is 4.68. The van der Waals surface area contributed by atoms with E-state index in [1.807, 2.05) is 12.1 Å². The third-order valence-corrected chi connectivity index (χ3v) is 3.97.